The molecular formula is C17H20FN3O. The third-order valence-corrected chi connectivity index (χ3v) is 3.94. The van der Waals surface area contributed by atoms with Gasteiger partial charge in [0.25, 0.3) is 0 Å². The summed E-state index contributed by atoms with van der Waals surface area (Å²) in [6.07, 6.45) is 2.91. The van der Waals surface area contributed by atoms with Crippen molar-refractivity contribution in [1.29, 1.82) is 0 Å². The van der Waals surface area contributed by atoms with Gasteiger partial charge in [-0.05, 0) is 50.2 Å². The second kappa shape index (κ2) is 6.83. The van der Waals surface area contributed by atoms with Crippen molar-refractivity contribution in [3.63, 3.8) is 0 Å². The number of rotatable bonds is 5. The van der Waals surface area contributed by atoms with Gasteiger partial charge in [-0.3, -0.25) is 4.90 Å². The smallest absolute Gasteiger partial charge is 0.132 e. The summed E-state index contributed by atoms with van der Waals surface area (Å²) >= 11 is 0. The van der Waals surface area contributed by atoms with Crippen LogP contribution in [0.25, 0.3) is 0 Å². The highest BCUT2D eigenvalue weighted by atomic mass is 19.1. The number of ether oxygens (including phenoxy) is 1. The Hall–Kier alpha value is -2.01. The molecule has 22 heavy (non-hydrogen) atoms. The highest BCUT2D eigenvalue weighted by Crippen LogP contribution is 2.24. The maximum Gasteiger partial charge on any atom is 0.132 e. The molecule has 0 amide bonds. The van der Waals surface area contributed by atoms with Crippen LogP contribution in [-0.4, -0.2) is 41.1 Å². The number of hydrogen-bond acceptors (Lipinski definition) is 4. The highest BCUT2D eigenvalue weighted by molar-refractivity contribution is 5.22. The van der Waals surface area contributed by atoms with Crippen molar-refractivity contribution in [2.45, 2.75) is 19.3 Å². The van der Waals surface area contributed by atoms with Crippen molar-refractivity contribution in [3.8, 4) is 5.75 Å². The first-order valence-electron chi connectivity index (χ1n) is 7.61. The molecule has 0 bridgehead atoms. The average molecular weight is 301 g/mol. The molecule has 2 heterocycles. The minimum Gasteiger partial charge on any atom is -0.492 e. The molecule has 116 valence electrons. The molecule has 0 radical (unpaired) electrons. The number of aryl methyl sites for hydroxylation is 1. The third-order valence-electron chi connectivity index (χ3n) is 3.94. The Morgan fingerprint density at radius 1 is 1.27 bits per heavy atom. The van der Waals surface area contributed by atoms with Crippen molar-refractivity contribution in [2.75, 3.05) is 26.2 Å². The van der Waals surface area contributed by atoms with Gasteiger partial charge in [-0.2, -0.15) is 0 Å². The number of nitrogens with zero attached hydrogens (tertiary/aromatic N) is 3. The van der Waals surface area contributed by atoms with E-state index in [2.05, 4.69) is 14.9 Å². The predicted molar refractivity (Wildman–Crippen MR) is 82.5 cm³/mol. The second-order valence-electron chi connectivity index (χ2n) is 5.64. The molecule has 0 spiro atoms. The summed E-state index contributed by atoms with van der Waals surface area (Å²) in [6, 6.07) is 8.06. The van der Waals surface area contributed by atoms with E-state index in [9.17, 15) is 4.39 Å². The lowest BCUT2D eigenvalue weighted by molar-refractivity contribution is 0.235. The predicted octanol–water partition coefficient (Wildman–Crippen LogP) is 2.79. The van der Waals surface area contributed by atoms with Crippen LogP contribution in [0.2, 0.25) is 0 Å². The van der Waals surface area contributed by atoms with Crippen molar-refractivity contribution in [3.05, 3.63) is 53.9 Å². The van der Waals surface area contributed by atoms with E-state index in [0.717, 1.165) is 37.6 Å². The zero-order valence-electron chi connectivity index (χ0n) is 12.7. The van der Waals surface area contributed by atoms with E-state index in [1.165, 1.54) is 12.1 Å². The monoisotopic (exact) mass is 301 g/mol. The van der Waals surface area contributed by atoms with Gasteiger partial charge in [0.05, 0.1) is 0 Å². The molecule has 5 heteroatoms. The lowest BCUT2D eigenvalue weighted by Gasteiger charge is -2.16. The van der Waals surface area contributed by atoms with Crippen molar-refractivity contribution in [1.82, 2.24) is 14.9 Å². The fourth-order valence-electron chi connectivity index (χ4n) is 2.73. The first-order valence-corrected chi connectivity index (χ1v) is 7.61. The number of hydrogen-bond donors (Lipinski definition) is 0. The molecule has 1 atom stereocenters. The van der Waals surface area contributed by atoms with E-state index < -0.39 is 0 Å². The molecular weight excluding hydrogens is 281 g/mol. The van der Waals surface area contributed by atoms with E-state index in [1.807, 2.05) is 19.2 Å². The molecule has 0 N–H and O–H groups in total. The van der Waals surface area contributed by atoms with Crippen LogP contribution in [-0.2, 0) is 0 Å². The summed E-state index contributed by atoms with van der Waals surface area (Å²) in [5.74, 6) is 1.82. The first kappa shape index (κ1) is 14.9. The Morgan fingerprint density at radius 2 is 2.09 bits per heavy atom. The van der Waals surface area contributed by atoms with E-state index >= 15 is 0 Å². The lowest BCUT2D eigenvalue weighted by Crippen LogP contribution is -2.26. The van der Waals surface area contributed by atoms with Crippen molar-refractivity contribution < 1.29 is 9.13 Å². The van der Waals surface area contributed by atoms with Gasteiger partial charge in [-0.1, -0.05) is 0 Å². The van der Waals surface area contributed by atoms with Gasteiger partial charge >= 0.3 is 0 Å². The van der Waals surface area contributed by atoms with E-state index in [4.69, 9.17) is 4.74 Å². The molecule has 3 rings (SSSR count). The fraction of sp³-hybridized carbons (Fsp3) is 0.412. The van der Waals surface area contributed by atoms with Crippen LogP contribution in [0, 0.1) is 12.7 Å². The molecule has 1 aromatic carbocycles. The normalized spacial score (nSPS) is 18.5. The number of aromatic nitrogens is 2. The van der Waals surface area contributed by atoms with Crippen LogP contribution < -0.4 is 4.74 Å². The van der Waals surface area contributed by atoms with E-state index in [0.29, 0.717) is 18.3 Å². The maximum atomic E-state index is 12.8. The SMILES string of the molecule is Cc1ccnc([C@H]2CCN(CCOc3ccc(F)cc3)C2)n1. The Bertz CT molecular complexity index is 618. The van der Waals surface area contributed by atoms with Gasteiger partial charge in [0.1, 0.15) is 24.0 Å². The van der Waals surface area contributed by atoms with Gasteiger partial charge in [0.15, 0.2) is 0 Å². The van der Waals surface area contributed by atoms with Gasteiger partial charge in [-0.25, -0.2) is 14.4 Å². The standard InChI is InChI=1S/C17H20FN3O/c1-13-6-8-19-17(20-13)14-7-9-21(12-14)10-11-22-16-4-2-15(18)3-5-16/h2-6,8,14H,7,9-12H2,1H3/t14-/m0/s1. The van der Waals surface area contributed by atoms with Crippen LogP contribution in [0.1, 0.15) is 23.9 Å². The zero-order valence-corrected chi connectivity index (χ0v) is 12.7. The molecule has 4 nitrogen and oxygen atoms in total. The van der Waals surface area contributed by atoms with E-state index in [-0.39, 0.29) is 5.82 Å². The zero-order chi connectivity index (χ0) is 15.4. The number of benzene rings is 1. The van der Waals surface area contributed by atoms with E-state index in [1.54, 1.807) is 12.1 Å². The van der Waals surface area contributed by atoms with Crippen LogP contribution in [0.4, 0.5) is 4.39 Å². The van der Waals surface area contributed by atoms with Crippen molar-refractivity contribution >= 4 is 0 Å². The summed E-state index contributed by atoms with van der Waals surface area (Å²) in [7, 11) is 0. The Labute approximate surface area is 130 Å². The first-order chi connectivity index (χ1) is 10.7. The quantitative estimate of drug-likeness (QED) is 0.851. The summed E-state index contributed by atoms with van der Waals surface area (Å²) in [4.78, 5) is 11.3. The highest BCUT2D eigenvalue weighted by Gasteiger charge is 2.25. The molecule has 0 unspecified atom stereocenters. The van der Waals surface area contributed by atoms with Gasteiger partial charge in [0, 0.05) is 30.9 Å². The van der Waals surface area contributed by atoms with Crippen LogP contribution >= 0.6 is 0 Å². The van der Waals surface area contributed by atoms with Gasteiger partial charge in [-0.15, -0.1) is 0 Å². The molecule has 1 aliphatic heterocycles. The van der Waals surface area contributed by atoms with Crippen LogP contribution in [0.15, 0.2) is 36.5 Å². The molecule has 1 aliphatic rings. The summed E-state index contributed by atoms with van der Waals surface area (Å²) in [6.45, 7) is 5.46. The molecule has 0 aliphatic carbocycles. The summed E-state index contributed by atoms with van der Waals surface area (Å²) in [5, 5.41) is 0. The van der Waals surface area contributed by atoms with Gasteiger partial charge < -0.3 is 4.74 Å². The molecule has 1 fully saturated rings. The third kappa shape index (κ3) is 3.80. The molecule has 1 saturated heterocycles. The maximum absolute atomic E-state index is 12.8. The Balaban J connectivity index is 1.46. The Kier molecular flexibility index (Phi) is 4.63. The summed E-state index contributed by atoms with van der Waals surface area (Å²) < 4.78 is 18.5. The summed E-state index contributed by atoms with van der Waals surface area (Å²) in [5.41, 5.74) is 1.02. The fourth-order valence-corrected chi connectivity index (χ4v) is 2.73. The molecule has 0 saturated carbocycles. The molecule has 1 aromatic heterocycles. The average Bonchev–Trinajstić information content (AvgIpc) is 2.98. The lowest BCUT2D eigenvalue weighted by atomic mass is 10.1. The molecule has 2 aromatic rings. The second-order valence-corrected chi connectivity index (χ2v) is 5.64. The number of likely N-dealkylation sites (tertiary alicyclic amines) is 1. The topological polar surface area (TPSA) is 38.2 Å². The number of halogens is 1. The largest absolute Gasteiger partial charge is 0.492 e. The minimum absolute atomic E-state index is 0.243. The Morgan fingerprint density at radius 3 is 2.86 bits per heavy atom. The van der Waals surface area contributed by atoms with Crippen molar-refractivity contribution in [2.24, 2.45) is 0 Å². The van der Waals surface area contributed by atoms with Gasteiger partial charge in [0.2, 0.25) is 0 Å². The van der Waals surface area contributed by atoms with Crippen LogP contribution in [0.5, 0.6) is 5.75 Å². The minimum atomic E-state index is -0.243. The van der Waals surface area contributed by atoms with Crippen LogP contribution in [0.3, 0.4) is 0 Å².